The van der Waals surface area contributed by atoms with Crippen molar-refractivity contribution in [2.45, 2.75) is 12.5 Å². The van der Waals surface area contributed by atoms with Gasteiger partial charge in [0, 0.05) is 11.6 Å². The lowest BCUT2D eigenvalue weighted by atomic mass is 9.87. The van der Waals surface area contributed by atoms with Crippen molar-refractivity contribution < 1.29 is 14.6 Å². The molecular formula is C16H18O3. The summed E-state index contributed by atoms with van der Waals surface area (Å²) in [6, 6.07) is 14.9. The number of hydrogen-bond donors (Lipinski definition) is 1. The van der Waals surface area contributed by atoms with Gasteiger partial charge in [0.2, 0.25) is 0 Å². The van der Waals surface area contributed by atoms with Crippen molar-refractivity contribution in [2.24, 2.45) is 0 Å². The molecule has 0 saturated heterocycles. The van der Waals surface area contributed by atoms with Gasteiger partial charge >= 0.3 is 0 Å². The molecule has 0 aliphatic rings. The zero-order valence-corrected chi connectivity index (χ0v) is 11.4. The maximum absolute atomic E-state index is 10.8. The number of hydrogen-bond acceptors (Lipinski definition) is 3. The lowest BCUT2D eigenvalue weighted by molar-refractivity contribution is 0.0988. The molecule has 0 bridgehead atoms. The molecule has 0 saturated carbocycles. The van der Waals surface area contributed by atoms with Crippen LogP contribution in [-0.2, 0) is 5.60 Å². The Kier molecular flexibility index (Phi) is 3.76. The van der Waals surface area contributed by atoms with Crippen LogP contribution in [0.15, 0.2) is 48.5 Å². The molecule has 0 spiro atoms. The molecule has 0 heterocycles. The molecule has 2 aromatic carbocycles. The van der Waals surface area contributed by atoms with Gasteiger partial charge in [0.25, 0.3) is 0 Å². The Morgan fingerprint density at radius 3 is 2.21 bits per heavy atom. The minimum absolute atomic E-state index is 0.605. The van der Waals surface area contributed by atoms with Gasteiger partial charge in [0.1, 0.15) is 17.1 Å². The van der Waals surface area contributed by atoms with E-state index in [1.54, 1.807) is 27.2 Å². The first-order valence-electron chi connectivity index (χ1n) is 6.10. The van der Waals surface area contributed by atoms with Crippen LogP contribution in [0, 0.1) is 0 Å². The van der Waals surface area contributed by atoms with Gasteiger partial charge in [-0.05, 0) is 24.6 Å². The van der Waals surface area contributed by atoms with E-state index in [1.807, 2.05) is 42.5 Å². The molecule has 1 unspecified atom stereocenters. The van der Waals surface area contributed by atoms with Crippen molar-refractivity contribution in [3.63, 3.8) is 0 Å². The third kappa shape index (κ3) is 2.56. The topological polar surface area (TPSA) is 38.7 Å². The molecule has 1 N–H and O–H groups in total. The highest BCUT2D eigenvalue weighted by molar-refractivity contribution is 5.47. The molecule has 19 heavy (non-hydrogen) atoms. The third-order valence-electron chi connectivity index (χ3n) is 3.27. The number of rotatable bonds is 4. The standard InChI is InChI=1S/C16H18O3/c1-16(17,12-7-5-4-6-8-12)14-10-9-13(18-2)11-15(14)19-3/h4-11,17H,1-3H3. The lowest BCUT2D eigenvalue weighted by Gasteiger charge is -2.26. The zero-order valence-electron chi connectivity index (χ0n) is 11.4. The minimum Gasteiger partial charge on any atom is -0.497 e. The molecule has 3 nitrogen and oxygen atoms in total. The highest BCUT2D eigenvalue weighted by Gasteiger charge is 2.29. The SMILES string of the molecule is COc1ccc(C(C)(O)c2ccccc2)c(OC)c1. The Balaban J connectivity index is 2.51. The van der Waals surface area contributed by atoms with Crippen LogP contribution in [0.5, 0.6) is 11.5 Å². The van der Waals surface area contributed by atoms with Crippen LogP contribution in [0.4, 0.5) is 0 Å². The quantitative estimate of drug-likeness (QED) is 0.916. The van der Waals surface area contributed by atoms with E-state index < -0.39 is 5.60 Å². The molecule has 2 rings (SSSR count). The van der Waals surface area contributed by atoms with Gasteiger partial charge in [-0.1, -0.05) is 30.3 Å². The molecule has 2 aromatic rings. The van der Waals surface area contributed by atoms with Crippen LogP contribution in [-0.4, -0.2) is 19.3 Å². The van der Waals surface area contributed by atoms with E-state index in [9.17, 15) is 5.11 Å². The first-order chi connectivity index (χ1) is 9.09. The Hall–Kier alpha value is -2.00. The van der Waals surface area contributed by atoms with Gasteiger partial charge in [-0.2, -0.15) is 0 Å². The normalized spacial score (nSPS) is 13.7. The predicted molar refractivity (Wildman–Crippen MR) is 74.7 cm³/mol. The summed E-state index contributed by atoms with van der Waals surface area (Å²) in [7, 11) is 3.18. The van der Waals surface area contributed by atoms with Gasteiger partial charge in [0.15, 0.2) is 0 Å². The van der Waals surface area contributed by atoms with Gasteiger partial charge in [0.05, 0.1) is 14.2 Å². The predicted octanol–water partition coefficient (Wildman–Crippen LogP) is 2.96. The largest absolute Gasteiger partial charge is 0.497 e. The summed E-state index contributed by atoms with van der Waals surface area (Å²) in [5.74, 6) is 1.30. The summed E-state index contributed by atoms with van der Waals surface area (Å²) in [6.07, 6.45) is 0. The molecule has 0 fully saturated rings. The molecule has 3 heteroatoms. The second-order valence-electron chi connectivity index (χ2n) is 4.50. The summed E-state index contributed by atoms with van der Waals surface area (Å²) >= 11 is 0. The molecule has 0 amide bonds. The average Bonchev–Trinajstić information content (AvgIpc) is 2.47. The molecule has 100 valence electrons. The fourth-order valence-electron chi connectivity index (χ4n) is 2.12. The monoisotopic (exact) mass is 258 g/mol. The Morgan fingerprint density at radius 1 is 0.947 bits per heavy atom. The molecule has 0 aromatic heterocycles. The fraction of sp³-hybridized carbons (Fsp3) is 0.250. The zero-order chi connectivity index (χ0) is 13.9. The van der Waals surface area contributed by atoms with Crippen LogP contribution >= 0.6 is 0 Å². The van der Waals surface area contributed by atoms with E-state index >= 15 is 0 Å². The summed E-state index contributed by atoms with van der Waals surface area (Å²) in [4.78, 5) is 0. The Bertz CT molecular complexity index is 547. The van der Waals surface area contributed by atoms with E-state index in [1.165, 1.54) is 0 Å². The molecule has 1 atom stereocenters. The smallest absolute Gasteiger partial charge is 0.128 e. The lowest BCUT2D eigenvalue weighted by Crippen LogP contribution is -2.23. The van der Waals surface area contributed by atoms with Crippen LogP contribution in [0.25, 0.3) is 0 Å². The van der Waals surface area contributed by atoms with Crippen molar-refractivity contribution in [1.29, 1.82) is 0 Å². The highest BCUT2D eigenvalue weighted by atomic mass is 16.5. The molecule has 0 aliphatic carbocycles. The minimum atomic E-state index is -1.11. The molecule has 0 radical (unpaired) electrons. The maximum Gasteiger partial charge on any atom is 0.128 e. The second kappa shape index (κ2) is 5.33. The van der Waals surface area contributed by atoms with E-state index in [4.69, 9.17) is 9.47 Å². The second-order valence-corrected chi connectivity index (χ2v) is 4.50. The maximum atomic E-state index is 10.8. The van der Waals surface area contributed by atoms with E-state index in [-0.39, 0.29) is 0 Å². The van der Waals surface area contributed by atoms with E-state index in [0.29, 0.717) is 17.1 Å². The first kappa shape index (κ1) is 13.4. The molecule has 0 aliphatic heterocycles. The number of benzene rings is 2. The van der Waals surface area contributed by atoms with Crippen molar-refractivity contribution >= 4 is 0 Å². The van der Waals surface area contributed by atoms with Gasteiger partial charge in [-0.15, -0.1) is 0 Å². The Morgan fingerprint density at radius 2 is 1.63 bits per heavy atom. The highest BCUT2D eigenvalue weighted by Crippen LogP contribution is 2.37. The molecular weight excluding hydrogens is 240 g/mol. The summed E-state index contributed by atoms with van der Waals surface area (Å²) in [5, 5.41) is 10.8. The van der Waals surface area contributed by atoms with Crippen LogP contribution in [0.2, 0.25) is 0 Å². The summed E-state index contributed by atoms with van der Waals surface area (Å²) in [5.41, 5.74) is 0.416. The van der Waals surface area contributed by atoms with Gasteiger partial charge in [-0.25, -0.2) is 0 Å². The van der Waals surface area contributed by atoms with Crippen LogP contribution in [0.1, 0.15) is 18.1 Å². The van der Waals surface area contributed by atoms with E-state index in [0.717, 1.165) is 5.56 Å². The van der Waals surface area contributed by atoms with Crippen molar-refractivity contribution in [3.05, 3.63) is 59.7 Å². The summed E-state index contributed by atoms with van der Waals surface area (Å²) < 4.78 is 10.5. The van der Waals surface area contributed by atoms with Crippen LogP contribution < -0.4 is 9.47 Å². The fourth-order valence-corrected chi connectivity index (χ4v) is 2.12. The number of ether oxygens (including phenoxy) is 2. The Labute approximate surface area is 113 Å². The third-order valence-corrected chi connectivity index (χ3v) is 3.27. The van der Waals surface area contributed by atoms with E-state index in [2.05, 4.69) is 0 Å². The summed E-state index contributed by atoms with van der Waals surface area (Å²) in [6.45, 7) is 1.76. The van der Waals surface area contributed by atoms with Gasteiger partial charge < -0.3 is 14.6 Å². The number of aliphatic hydroxyl groups is 1. The van der Waals surface area contributed by atoms with Gasteiger partial charge in [-0.3, -0.25) is 0 Å². The van der Waals surface area contributed by atoms with Crippen molar-refractivity contribution in [3.8, 4) is 11.5 Å². The van der Waals surface area contributed by atoms with Crippen molar-refractivity contribution in [2.75, 3.05) is 14.2 Å². The number of methoxy groups -OCH3 is 2. The van der Waals surface area contributed by atoms with Crippen molar-refractivity contribution in [1.82, 2.24) is 0 Å². The van der Waals surface area contributed by atoms with Crippen LogP contribution in [0.3, 0.4) is 0 Å². The first-order valence-corrected chi connectivity index (χ1v) is 6.10. The average molecular weight is 258 g/mol.